The van der Waals surface area contributed by atoms with Gasteiger partial charge in [-0.25, -0.2) is 0 Å². The van der Waals surface area contributed by atoms with Crippen molar-refractivity contribution in [3.05, 3.63) is 225 Å². The molecule has 2 nitrogen and oxygen atoms in total. The third-order valence-electron chi connectivity index (χ3n) is 12.7. The first kappa shape index (κ1) is 29.1. The Hall–Kier alpha value is -6.51. The summed E-state index contributed by atoms with van der Waals surface area (Å²) < 4.78 is 2.12. The summed E-state index contributed by atoms with van der Waals surface area (Å²) in [6, 6.07) is 61.8. The molecule has 3 aliphatic rings. The van der Waals surface area contributed by atoms with E-state index in [-0.39, 0.29) is 17.4 Å². The summed E-state index contributed by atoms with van der Waals surface area (Å²) in [6.07, 6.45) is 0. The van der Waals surface area contributed by atoms with E-state index >= 15 is 4.79 Å². The standard InChI is InChI=1S/C51H33NO/c1-30-44(32-18-6-3-7-19-32)47-46(38-24-12-15-27-43(38)51(47)41-25-13-10-21-35(41)36-22-11-14-26-42(36)51)49-45(30)40-29-33(31-16-4-2-5-17-31)28-39-34-20-8-9-23-37(34)50(53)52(49)48(39)40/h2-30,44H,1H3. The topological polar surface area (TPSA) is 21.5 Å². The van der Waals surface area contributed by atoms with Gasteiger partial charge < -0.3 is 0 Å². The maximum absolute atomic E-state index is 15.2. The normalized spacial score (nSPS) is 17.7. The number of rotatable bonds is 2. The highest BCUT2D eigenvalue weighted by Crippen LogP contribution is 2.69. The number of hydrogen-bond donors (Lipinski definition) is 0. The molecular formula is C51H33NO. The summed E-state index contributed by atoms with van der Waals surface area (Å²) >= 11 is 0. The van der Waals surface area contributed by atoms with Crippen LogP contribution in [0.25, 0.3) is 54.9 Å². The minimum atomic E-state index is -0.518. The first-order valence-corrected chi connectivity index (χ1v) is 18.7. The Labute approximate surface area is 307 Å². The van der Waals surface area contributed by atoms with Crippen LogP contribution < -0.4 is 5.56 Å². The maximum Gasteiger partial charge on any atom is 0.263 e. The van der Waals surface area contributed by atoms with E-state index in [0.717, 1.165) is 27.4 Å². The lowest BCUT2D eigenvalue weighted by Crippen LogP contribution is -2.33. The quantitative estimate of drug-likeness (QED) is 0.167. The van der Waals surface area contributed by atoms with Crippen molar-refractivity contribution in [3.8, 4) is 22.3 Å². The summed E-state index contributed by atoms with van der Waals surface area (Å²) in [5.41, 5.74) is 16.9. The first-order chi connectivity index (χ1) is 26.2. The SMILES string of the molecule is CC1c2c(n3c(=O)c4ccccc4c4cc(-c5ccccc5)cc2c43)C2=C(C1c1ccccc1)C1(c3ccccc32)c2ccccc2-c2ccccc21. The molecule has 2 heterocycles. The minimum Gasteiger partial charge on any atom is -0.275 e. The van der Waals surface area contributed by atoms with Crippen molar-refractivity contribution in [2.45, 2.75) is 24.2 Å². The molecule has 2 atom stereocenters. The molecule has 0 aliphatic heterocycles. The average Bonchev–Trinajstić information content (AvgIpc) is 3.83. The van der Waals surface area contributed by atoms with Gasteiger partial charge in [-0.05, 0) is 90.7 Å². The van der Waals surface area contributed by atoms with Crippen molar-refractivity contribution >= 4 is 32.6 Å². The zero-order valence-electron chi connectivity index (χ0n) is 29.2. The third-order valence-corrected chi connectivity index (χ3v) is 12.7. The van der Waals surface area contributed by atoms with E-state index in [1.807, 2.05) is 12.1 Å². The molecule has 9 aromatic rings. The van der Waals surface area contributed by atoms with Gasteiger partial charge in [-0.1, -0.05) is 159 Å². The van der Waals surface area contributed by atoms with Crippen LogP contribution in [0, 0.1) is 0 Å². The third kappa shape index (κ3) is 3.47. The molecule has 53 heavy (non-hydrogen) atoms. The molecule has 12 rings (SSSR count). The highest BCUT2D eigenvalue weighted by Gasteiger charge is 2.58. The van der Waals surface area contributed by atoms with Gasteiger partial charge in [-0.2, -0.15) is 0 Å². The van der Waals surface area contributed by atoms with Gasteiger partial charge in [0.1, 0.15) is 0 Å². The molecule has 7 aromatic carbocycles. The average molecular weight is 676 g/mol. The highest BCUT2D eigenvalue weighted by molar-refractivity contribution is 6.17. The maximum atomic E-state index is 15.2. The lowest BCUT2D eigenvalue weighted by molar-refractivity contribution is 0.574. The fourth-order valence-corrected chi connectivity index (χ4v) is 10.9. The van der Waals surface area contributed by atoms with Gasteiger partial charge in [0.2, 0.25) is 0 Å². The fraction of sp³-hybridized carbons (Fsp3) is 0.0784. The zero-order valence-corrected chi connectivity index (χ0v) is 29.2. The van der Waals surface area contributed by atoms with Crippen LogP contribution in [-0.4, -0.2) is 4.40 Å². The Bertz CT molecular complexity index is 3050. The summed E-state index contributed by atoms with van der Waals surface area (Å²) in [5, 5.41) is 4.05. The van der Waals surface area contributed by atoms with Crippen LogP contribution in [0.1, 0.15) is 57.8 Å². The van der Waals surface area contributed by atoms with Crippen LogP contribution in [-0.2, 0) is 5.41 Å². The molecule has 0 bridgehead atoms. The highest BCUT2D eigenvalue weighted by atomic mass is 16.1. The Morgan fingerprint density at radius 2 is 1.04 bits per heavy atom. The molecule has 0 fully saturated rings. The second kappa shape index (κ2) is 10.3. The number of aromatic nitrogens is 1. The van der Waals surface area contributed by atoms with Gasteiger partial charge in [0.05, 0.1) is 16.6 Å². The smallest absolute Gasteiger partial charge is 0.263 e. The molecule has 248 valence electrons. The number of allylic oxidation sites excluding steroid dienone is 1. The molecule has 0 saturated heterocycles. The minimum absolute atomic E-state index is 0.0476. The van der Waals surface area contributed by atoms with Crippen LogP contribution in [0.5, 0.6) is 0 Å². The van der Waals surface area contributed by atoms with Gasteiger partial charge in [0.25, 0.3) is 5.56 Å². The summed E-state index contributed by atoms with van der Waals surface area (Å²) in [7, 11) is 0. The van der Waals surface area contributed by atoms with Crippen LogP contribution >= 0.6 is 0 Å². The van der Waals surface area contributed by atoms with Crippen LogP contribution in [0.3, 0.4) is 0 Å². The van der Waals surface area contributed by atoms with Crippen molar-refractivity contribution < 1.29 is 0 Å². The van der Waals surface area contributed by atoms with Gasteiger partial charge in [-0.3, -0.25) is 9.20 Å². The molecule has 2 heteroatoms. The molecule has 0 saturated carbocycles. The number of pyridine rings is 1. The van der Waals surface area contributed by atoms with Crippen molar-refractivity contribution in [1.29, 1.82) is 0 Å². The van der Waals surface area contributed by atoms with E-state index < -0.39 is 5.41 Å². The molecule has 0 N–H and O–H groups in total. The first-order valence-electron chi connectivity index (χ1n) is 18.7. The largest absolute Gasteiger partial charge is 0.275 e. The Morgan fingerprint density at radius 1 is 0.509 bits per heavy atom. The van der Waals surface area contributed by atoms with E-state index in [0.29, 0.717) is 0 Å². The van der Waals surface area contributed by atoms with Gasteiger partial charge >= 0.3 is 0 Å². The van der Waals surface area contributed by atoms with Crippen molar-refractivity contribution in [1.82, 2.24) is 4.40 Å². The van der Waals surface area contributed by atoms with Crippen LogP contribution in [0.15, 0.2) is 180 Å². The van der Waals surface area contributed by atoms with Crippen molar-refractivity contribution in [2.24, 2.45) is 0 Å². The second-order valence-electron chi connectivity index (χ2n) is 15.1. The van der Waals surface area contributed by atoms with E-state index in [4.69, 9.17) is 0 Å². The van der Waals surface area contributed by atoms with E-state index in [2.05, 4.69) is 169 Å². The molecule has 2 unspecified atom stereocenters. The number of benzene rings is 7. The number of fused-ring (bicyclic) bond motifs is 15. The number of nitrogens with zero attached hydrogens (tertiary/aromatic N) is 1. The molecule has 0 amide bonds. The van der Waals surface area contributed by atoms with E-state index in [9.17, 15) is 0 Å². The molecule has 2 aromatic heterocycles. The molecule has 0 radical (unpaired) electrons. The Kier molecular flexibility index (Phi) is 5.66. The second-order valence-corrected chi connectivity index (χ2v) is 15.1. The Morgan fingerprint density at radius 3 is 1.72 bits per heavy atom. The van der Waals surface area contributed by atoms with E-state index in [1.165, 1.54) is 72.2 Å². The number of hydrogen-bond acceptors (Lipinski definition) is 1. The zero-order chi connectivity index (χ0) is 35.0. The Balaban J connectivity index is 1.34. The van der Waals surface area contributed by atoms with Crippen molar-refractivity contribution in [2.75, 3.05) is 0 Å². The molecule has 3 aliphatic carbocycles. The predicted molar refractivity (Wildman–Crippen MR) is 217 cm³/mol. The summed E-state index contributed by atoms with van der Waals surface area (Å²) in [5.74, 6) is 0.111. The van der Waals surface area contributed by atoms with Gasteiger partial charge in [0, 0.05) is 27.6 Å². The van der Waals surface area contributed by atoms with Gasteiger partial charge in [0.15, 0.2) is 0 Å². The summed E-state index contributed by atoms with van der Waals surface area (Å²) in [6.45, 7) is 2.41. The fourth-order valence-electron chi connectivity index (χ4n) is 10.9. The lowest BCUT2D eigenvalue weighted by Gasteiger charge is -2.41. The summed E-state index contributed by atoms with van der Waals surface area (Å²) in [4.78, 5) is 15.2. The van der Waals surface area contributed by atoms with Crippen LogP contribution in [0.4, 0.5) is 0 Å². The van der Waals surface area contributed by atoms with Crippen LogP contribution in [0.2, 0.25) is 0 Å². The molecule has 1 spiro atoms. The van der Waals surface area contributed by atoms with Crippen molar-refractivity contribution in [3.63, 3.8) is 0 Å². The van der Waals surface area contributed by atoms with Gasteiger partial charge in [-0.15, -0.1) is 0 Å². The molecular weight excluding hydrogens is 643 g/mol. The van der Waals surface area contributed by atoms with E-state index in [1.54, 1.807) is 0 Å². The predicted octanol–water partition coefficient (Wildman–Crippen LogP) is 11.7. The monoisotopic (exact) mass is 675 g/mol. The lowest BCUT2D eigenvalue weighted by atomic mass is 9.60.